The van der Waals surface area contributed by atoms with Crippen LogP contribution in [-0.2, 0) is 10.2 Å². The first-order valence-electron chi connectivity index (χ1n) is 7.55. The van der Waals surface area contributed by atoms with Crippen molar-refractivity contribution in [3.05, 3.63) is 33.8 Å². The van der Waals surface area contributed by atoms with Gasteiger partial charge >= 0.3 is 0 Å². The number of alkyl halides is 2. The number of rotatable bonds is 4. The van der Waals surface area contributed by atoms with E-state index >= 15 is 0 Å². The fraction of sp³-hybridized carbons (Fsp3) is 0.588. The first kappa shape index (κ1) is 18.6. The van der Waals surface area contributed by atoms with Crippen molar-refractivity contribution in [2.24, 2.45) is 5.92 Å². The minimum atomic E-state index is -2.81. The molecule has 1 aliphatic rings. The molecule has 0 saturated carbocycles. The number of hydrogen-bond donors (Lipinski definition) is 0. The number of nitrogens with zero attached hydrogens (tertiary/aromatic N) is 1. The molecule has 1 saturated heterocycles. The summed E-state index contributed by atoms with van der Waals surface area (Å²) in [6.07, 6.45) is -0.225. The van der Waals surface area contributed by atoms with Crippen LogP contribution in [0.3, 0.4) is 0 Å². The lowest BCUT2D eigenvalue weighted by atomic mass is 9.76. The predicted molar refractivity (Wildman–Crippen MR) is 89.7 cm³/mol. The lowest BCUT2D eigenvalue weighted by Gasteiger charge is -2.36. The Morgan fingerprint density at radius 3 is 2.65 bits per heavy atom. The highest BCUT2D eigenvalue weighted by Gasteiger charge is 2.42. The second-order valence-electron chi connectivity index (χ2n) is 7.08. The zero-order chi connectivity index (χ0) is 17.4. The number of likely N-dealkylation sites (tertiary alicyclic amines) is 1. The van der Waals surface area contributed by atoms with Gasteiger partial charge in [-0.3, -0.25) is 9.69 Å². The van der Waals surface area contributed by atoms with E-state index in [1.807, 2.05) is 19.9 Å². The van der Waals surface area contributed by atoms with Crippen LogP contribution in [0.4, 0.5) is 8.78 Å². The summed E-state index contributed by atoms with van der Waals surface area (Å²) in [4.78, 5) is 14.1. The second kappa shape index (κ2) is 6.66. The Balaban J connectivity index is 2.16. The summed E-state index contributed by atoms with van der Waals surface area (Å²) in [7, 11) is 1.62. The van der Waals surface area contributed by atoms with Crippen molar-refractivity contribution >= 4 is 29.0 Å². The zero-order valence-corrected chi connectivity index (χ0v) is 15.0. The van der Waals surface area contributed by atoms with Gasteiger partial charge in [-0.2, -0.15) is 0 Å². The molecule has 23 heavy (non-hydrogen) atoms. The molecule has 128 valence electrons. The Labute approximate surface area is 145 Å². The van der Waals surface area contributed by atoms with Gasteiger partial charge in [0.25, 0.3) is 5.92 Å². The van der Waals surface area contributed by atoms with Gasteiger partial charge < -0.3 is 0 Å². The van der Waals surface area contributed by atoms with Crippen molar-refractivity contribution < 1.29 is 13.6 Å². The minimum absolute atomic E-state index is 0.154. The molecule has 1 atom stereocenters. The van der Waals surface area contributed by atoms with E-state index in [9.17, 15) is 13.6 Å². The number of benzene rings is 1. The molecule has 0 amide bonds. The second-order valence-corrected chi connectivity index (χ2v) is 7.87. The van der Waals surface area contributed by atoms with Gasteiger partial charge in [0, 0.05) is 25.3 Å². The molecule has 0 aromatic heterocycles. The van der Waals surface area contributed by atoms with Crippen molar-refractivity contribution in [3.8, 4) is 0 Å². The molecule has 0 bridgehead atoms. The van der Waals surface area contributed by atoms with Gasteiger partial charge in [-0.25, -0.2) is 8.78 Å². The average molecular weight is 364 g/mol. The summed E-state index contributed by atoms with van der Waals surface area (Å²) >= 11 is 12.3. The van der Waals surface area contributed by atoms with E-state index in [1.165, 1.54) is 4.90 Å². The van der Waals surface area contributed by atoms with Gasteiger partial charge in [0.15, 0.2) is 0 Å². The van der Waals surface area contributed by atoms with Crippen molar-refractivity contribution in [3.63, 3.8) is 0 Å². The van der Waals surface area contributed by atoms with Crippen LogP contribution in [-0.4, -0.2) is 36.7 Å². The molecular weight excluding hydrogens is 343 g/mol. The van der Waals surface area contributed by atoms with E-state index in [0.717, 1.165) is 5.56 Å². The summed E-state index contributed by atoms with van der Waals surface area (Å²) in [6.45, 7) is 3.84. The number of Topliss-reactive ketones (excluding diaryl/α,β-unsaturated/α-hetero) is 1. The molecule has 1 aromatic carbocycles. The molecule has 0 N–H and O–H groups in total. The van der Waals surface area contributed by atoms with Gasteiger partial charge in [-0.05, 0) is 24.1 Å². The molecule has 0 spiro atoms. The summed E-state index contributed by atoms with van der Waals surface area (Å²) in [5, 5.41) is 0.840. The van der Waals surface area contributed by atoms with Gasteiger partial charge in [-0.15, -0.1) is 0 Å². The van der Waals surface area contributed by atoms with Crippen LogP contribution in [0.1, 0.15) is 32.3 Å². The average Bonchev–Trinajstić information content (AvgIpc) is 2.38. The molecule has 1 aliphatic heterocycles. The summed E-state index contributed by atoms with van der Waals surface area (Å²) in [6, 6.07) is 5.28. The fourth-order valence-corrected chi connectivity index (χ4v) is 3.80. The molecule has 2 rings (SSSR count). The maximum atomic E-state index is 13.7. The normalized spacial score (nSPS) is 22.1. The maximum Gasteiger partial charge on any atom is 0.261 e. The lowest BCUT2D eigenvalue weighted by molar-refractivity contribution is -0.134. The molecule has 2 nitrogen and oxygen atoms in total. The van der Waals surface area contributed by atoms with Crippen molar-refractivity contribution in [2.45, 2.75) is 38.0 Å². The highest BCUT2D eigenvalue weighted by atomic mass is 35.5. The third-order valence-electron chi connectivity index (χ3n) is 4.33. The van der Waals surface area contributed by atoms with Crippen LogP contribution in [0.2, 0.25) is 10.0 Å². The third kappa shape index (κ3) is 4.43. The van der Waals surface area contributed by atoms with Crippen molar-refractivity contribution in [2.75, 3.05) is 20.1 Å². The number of carbonyl (C=O) groups is 1. The zero-order valence-electron chi connectivity index (χ0n) is 13.5. The molecule has 1 aromatic rings. The largest absolute Gasteiger partial charge is 0.300 e. The maximum absolute atomic E-state index is 13.7. The molecule has 1 heterocycles. The van der Waals surface area contributed by atoms with E-state index in [4.69, 9.17) is 23.2 Å². The highest BCUT2D eigenvalue weighted by Crippen LogP contribution is 2.38. The van der Waals surface area contributed by atoms with Crippen molar-refractivity contribution in [1.82, 2.24) is 4.90 Å². The van der Waals surface area contributed by atoms with E-state index in [0.29, 0.717) is 16.6 Å². The minimum Gasteiger partial charge on any atom is -0.300 e. The Bertz CT molecular complexity index is 604. The highest BCUT2D eigenvalue weighted by molar-refractivity contribution is 6.42. The van der Waals surface area contributed by atoms with Gasteiger partial charge in [0.1, 0.15) is 5.78 Å². The summed E-state index contributed by atoms with van der Waals surface area (Å²) < 4.78 is 27.4. The predicted octanol–water partition coefficient (Wildman–Crippen LogP) is 4.82. The van der Waals surface area contributed by atoms with E-state index in [1.54, 1.807) is 19.2 Å². The number of ketones is 1. The fourth-order valence-electron chi connectivity index (χ4n) is 3.24. The summed E-state index contributed by atoms with van der Waals surface area (Å²) in [5.74, 6) is -3.62. The van der Waals surface area contributed by atoms with Crippen molar-refractivity contribution in [1.29, 1.82) is 0 Å². The topological polar surface area (TPSA) is 20.3 Å². The van der Waals surface area contributed by atoms with Crippen LogP contribution in [0, 0.1) is 5.92 Å². The molecule has 0 radical (unpaired) electrons. The lowest BCUT2D eigenvalue weighted by Crippen LogP contribution is -2.47. The Morgan fingerprint density at radius 2 is 2.04 bits per heavy atom. The van der Waals surface area contributed by atoms with Crippen LogP contribution in [0.25, 0.3) is 0 Å². The van der Waals surface area contributed by atoms with E-state index in [-0.39, 0.29) is 25.2 Å². The number of piperidine rings is 1. The summed E-state index contributed by atoms with van der Waals surface area (Å²) in [5.41, 5.74) is 0.195. The van der Waals surface area contributed by atoms with Crippen LogP contribution < -0.4 is 0 Å². The first-order chi connectivity index (χ1) is 10.5. The van der Waals surface area contributed by atoms with Gasteiger partial charge in [0.05, 0.1) is 16.6 Å². The van der Waals surface area contributed by atoms with Crippen LogP contribution in [0.15, 0.2) is 18.2 Å². The smallest absolute Gasteiger partial charge is 0.261 e. The van der Waals surface area contributed by atoms with Gasteiger partial charge in [-0.1, -0.05) is 49.2 Å². The Hall–Kier alpha value is -0.710. The third-order valence-corrected chi connectivity index (χ3v) is 5.15. The molecule has 6 heteroatoms. The van der Waals surface area contributed by atoms with E-state index in [2.05, 4.69) is 0 Å². The molecular formula is C17H21Cl2F2NO. The quantitative estimate of drug-likeness (QED) is 0.764. The van der Waals surface area contributed by atoms with Gasteiger partial charge in [0.2, 0.25) is 0 Å². The Kier molecular flexibility index (Phi) is 5.39. The monoisotopic (exact) mass is 363 g/mol. The standard InChI is InChI=1S/C17H21Cl2F2NO/c1-16(2,12-5-4-6-13(18)15(12)19)8-14(23)11-7-17(20,21)10-22(3)9-11/h4-6,11H,7-10H2,1-3H3. The van der Waals surface area contributed by atoms with Crippen LogP contribution >= 0.6 is 23.2 Å². The molecule has 1 fully saturated rings. The number of halogens is 4. The molecule has 0 aliphatic carbocycles. The SMILES string of the molecule is CN1CC(C(=O)CC(C)(C)c2cccc(Cl)c2Cl)CC(F)(F)C1. The first-order valence-corrected chi connectivity index (χ1v) is 8.31. The molecule has 1 unspecified atom stereocenters. The Morgan fingerprint density at radius 1 is 1.39 bits per heavy atom. The van der Waals surface area contributed by atoms with Crippen LogP contribution in [0.5, 0.6) is 0 Å². The van der Waals surface area contributed by atoms with E-state index < -0.39 is 17.3 Å². The number of carbonyl (C=O) groups excluding carboxylic acids is 1. The number of hydrogen-bond acceptors (Lipinski definition) is 2.